The number of anilines is 1. The maximum Gasteiger partial charge on any atom is 0.337 e. The normalized spacial score (nSPS) is 16.5. The molecule has 1 aromatic heterocycles. The van der Waals surface area contributed by atoms with Crippen LogP contribution in [0.4, 0.5) is 5.69 Å². The molecule has 0 aliphatic carbocycles. The van der Waals surface area contributed by atoms with Crippen LogP contribution in [0.3, 0.4) is 0 Å². The largest absolute Gasteiger partial charge is 0.545 e. The van der Waals surface area contributed by atoms with Gasteiger partial charge in [-0.25, -0.2) is 14.7 Å². The second-order valence-corrected chi connectivity index (χ2v) is 6.75. The molecule has 138 valence electrons. The molecule has 1 atom stereocenters. The van der Waals surface area contributed by atoms with Crippen LogP contribution in [-0.4, -0.2) is 41.1 Å². The second-order valence-electron chi connectivity index (χ2n) is 5.56. The molecule has 1 saturated heterocycles. The van der Waals surface area contributed by atoms with Crippen molar-refractivity contribution in [3.05, 3.63) is 53.7 Å². The molecule has 9 heteroatoms. The number of carboxylic acids is 1. The van der Waals surface area contributed by atoms with Gasteiger partial charge < -0.3 is 14.6 Å². The zero-order chi connectivity index (χ0) is 19.6. The predicted molar refractivity (Wildman–Crippen MR) is 93.1 cm³/mol. The summed E-state index contributed by atoms with van der Waals surface area (Å²) < 4.78 is 4.61. The highest BCUT2D eigenvalue weighted by Gasteiger charge is 2.40. The number of nitrogens with zero attached hydrogens (tertiary/aromatic N) is 2. The van der Waals surface area contributed by atoms with Gasteiger partial charge in [0.05, 0.1) is 29.6 Å². The van der Waals surface area contributed by atoms with Crippen molar-refractivity contribution in [2.75, 3.05) is 12.0 Å². The van der Waals surface area contributed by atoms with E-state index in [1.807, 2.05) is 0 Å². The molecule has 0 unspecified atom stereocenters. The molecule has 2 heterocycles. The number of thioether (sulfide) groups is 1. The number of aromatic carboxylic acids is 1. The first kappa shape index (κ1) is 18.6. The van der Waals surface area contributed by atoms with Gasteiger partial charge in [-0.15, -0.1) is 0 Å². The summed E-state index contributed by atoms with van der Waals surface area (Å²) in [5, 5.41) is 10.5. The number of ether oxygens (including phenoxy) is 1. The SMILES string of the molecule is COC(=O)c1ccc(N2C(=O)C[C@H](Sc3ncccc3C(=O)[O-])C2=O)cc1. The van der Waals surface area contributed by atoms with E-state index in [1.165, 1.54) is 49.7 Å². The van der Waals surface area contributed by atoms with Crippen LogP contribution >= 0.6 is 11.8 Å². The van der Waals surface area contributed by atoms with Gasteiger partial charge in [0, 0.05) is 18.2 Å². The fraction of sp³-hybridized carbons (Fsp3) is 0.167. The molecule has 2 amide bonds. The van der Waals surface area contributed by atoms with Crippen LogP contribution in [0.1, 0.15) is 27.1 Å². The Hall–Kier alpha value is -3.20. The molecule has 8 nitrogen and oxygen atoms in total. The quantitative estimate of drug-likeness (QED) is 0.544. The number of rotatable bonds is 5. The average molecular weight is 385 g/mol. The molecule has 0 N–H and O–H groups in total. The van der Waals surface area contributed by atoms with Crippen molar-refractivity contribution in [3.63, 3.8) is 0 Å². The van der Waals surface area contributed by atoms with Crippen LogP contribution in [0.5, 0.6) is 0 Å². The molecular formula is C18H13N2O6S-. The summed E-state index contributed by atoms with van der Waals surface area (Å²) in [5.74, 6) is -2.84. The molecule has 1 fully saturated rings. The minimum atomic E-state index is -1.40. The van der Waals surface area contributed by atoms with E-state index in [4.69, 9.17) is 0 Å². The Balaban J connectivity index is 1.81. The van der Waals surface area contributed by atoms with Gasteiger partial charge in [0.2, 0.25) is 11.8 Å². The highest BCUT2D eigenvalue weighted by Crippen LogP contribution is 2.34. The first-order chi connectivity index (χ1) is 12.9. The Morgan fingerprint density at radius 2 is 1.93 bits per heavy atom. The molecule has 27 heavy (non-hydrogen) atoms. The second kappa shape index (κ2) is 7.58. The maximum atomic E-state index is 12.7. The molecule has 0 radical (unpaired) electrons. The van der Waals surface area contributed by atoms with E-state index in [9.17, 15) is 24.3 Å². The van der Waals surface area contributed by atoms with Gasteiger partial charge in [-0.1, -0.05) is 11.8 Å². The van der Waals surface area contributed by atoms with Gasteiger partial charge in [0.15, 0.2) is 0 Å². The molecule has 1 aliphatic rings. The molecular weight excluding hydrogens is 372 g/mol. The van der Waals surface area contributed by atoms with Crippen LogP contribution in [0.15, 0.2) is 47.6 Å². The first-order valence-electron chi connectivity index (χ1n) is 7.80. The lowest BCUT2D eigenvalue weighted by molar-refractivity contribution is -0.255. The number of aromatic nitrogens is 1. The highest BCUT2D eigenvalue weighted by molar-refractivity contribution is 8.00. The highest BCUT2D eigenvalue weighted by atomic mass is 32.2. The van der Waals surface area contributed by atoms with Crippen LogP contribution < -0.4 is 10.0 Å². The van der Waals surface area contributed by atoms with Gasteiger partial charge in [-0.05, 0) is 36.4 Å². The number of amides is 2. The summed E-state index contributed by atoms with van der Waals surface area (Å²) >= 11 is 0.910. The number of pyridine rings is 1. The summed E-state index contributed by atoms with van der Waals surface area (Å²) in [6.07, 6.45) is 1.31. The fourth-order valence-electron chi connectivity index (χ4n) is 2.61. The Morgan fingerprint density at radius 1 is 1.22 bits per heavy atom. The van der Waals surface area contributed by atoms with E-state index in [1.54, 1.807) is 0 Å². The van der Waals surface area contributed by atoms with E-state index < -0.39 is 29.0 Å². The average Bonchev–Trinajstić information content (AvgIpc) is 2.95. The van der Waals surface area contributed by atoms with Crippen molar-refractivity contribution in [1.29, 1.82) is 0 Å². The minimum Gasteiger partial charge on any atom is -0.545 e. The standard InChI is InChI=1S/C18H14N2O6S/c1-26-18(25)10-4-6-11(7-5-10)20-14(21)9-13(16(20)22)27-15-12(17(23)24)3-2-8-19-15/h2-8,13H,9H2,1H3,(H,23,24)/p-1/t13-/m0/s1. The zero-order valence-corrected chi connectivity index (χ0v) is 14.9. The molecule has 3 rings (SSSR count). The van der Waals surface area contributed by atoms with E-state index in [0.29, 0.717) is 11.3 Å². The third-order valence-electron chi connectivity index (χ3n) is 3.90. The van der Waals surface area contributed by atoms with Crippen LogP contribution in [0, 0.1) is 0 Å². The van der Waals surface area contributed by atoms with Crippen molar-refractivity contribution in [2.45, 2.75) is 16.7 Å². The summed E-state index contributed by atoms with van der Waals surface area (Å²) in [5.41, 5.74) is 0.476. The number of hydrogen-bond donors (Lipinski definition) is 0. The number of imide groups is 1. The molecule has 2 aromatic rings. The number of carbonyl (C=O) groups is 4. The number of carboxylic acid groups (broad SMARTS) is 1. The summed E-state index contributed by atoms with van der Waals surface area (Å²) in [7, 11) is 1.25. The molecule has 0 saturated carbocycles. The summed E-state index contributed by atoms with van der Waals surface area (Å²) in [4.78, 5) is 52.7. The summed E-state index contributed by atoms with van der Waals surface area (Å²) in [6.45, 7) is 0. The van der Waals surface area contributed by atoms with Crippen molar-refractivity contribution in [2.24, 2.45) is 0 Å². The Kier molecular flexibility index (Phi) is 5.22. The van der Waals surface area contributed by atoms with Gasteiger partial charge >= 0.3 is 5.97 Å². The molecule has 0 spiro atoms. The molecule has 1 aromatic carbocycles. The number of methoxy groups -OCH3 is 1. The molecule has 1 aliphatic heterocycles. The van der Waals surface area contributed by atoms with Gasteiger partial charge in [0.1, 0.15) is 5.03 Å². The van der Waals surface area contributed by atoms with E-state index in [0.717, 1.165) is 16.7 Å². The van der Waals surface area contributed by atoms with Crippen molar-refractivity contribution < 1.29 is 29.0 Å². The van der Waals surface area contributed by atoms with Crippen LogP contribution in [0.2, 0.25) is 0 Å². The van der Waals surface area contributed by atoms with Gasteiger partial charge in [-0.3, -0.25) is 9.59 Å². The lowest BCUT2D eigenvalue weighted by atomic mass is 10.2. The third-order valence-corrected chi connectivity index (χ3v) is 5.10. The lowest BCUT2D eigenvalue weighted by Crippen LogP contribution is -2.31. The van der Waals surface area contributed by atoms with Gasteiger partial charge in [0.25, 0.3) is 0 Å². The Bertz CT molecular complexity index is 928. The lowest BCUT2D eigenvalue weighted by Gasteiger charge is -2.15. The van der Waals surface area contributed by atoms with E-state index in [-0.39, 0.29) is 17.0 Å². The minimum absolute atomic E-state index is 0.0919. The fourth-order valence-corrected chi connectivity index (χ4v) is 3.71. The number of hydrogen-bond acceptors (Lipinski definition) is 8. The molecule has 0 bridgehead atoms. The zero-order valence-electron chi connectivity index (χ0n) is 14.1. The maximum absolute atomic E-state index is 12.7. The predicted octanol–water partition coefficient (Wildman–Crippen LogP) is 0.656. The van der Waals surface area contributed by atoms with E-state index in [2.05, 4.69) is 9.72 Å². The third kappa shape index (κ3) is 3.68. The van der Waals surface area contributed by atoms with Crippen LogP contribution in [-0.2, 0) is 14.3 Å². The monoisotopic (exact) mass is 385 g/mol. The number of esters is 1. The van der Waals surface area contributed by atoms with Crippen molar-refractivity contribution in [1.82, 2.24) is 4.98 Å². The van der Waals surface area contributed by atoms with Gasteiger partial charge in [-0.2, -0.15) is 0 Å². The summed E-state index contributed by atoms with van der Waals surface area (Å²) in [6, 6.07) is 8.64. The smallest absolute Gasteiger partial charge is 0.337 e. The van der Waals surface area contributed by atoms with E-state index >= 15 is 0 Å². The topological polar surface area (TPSA) is 117 Å². The number of benzene rings is 1. The Labute approximate surface area is 158 Å². The first-order valence-corrected chi connectivity index (χ1v) is 8.68. The van der Waals surface area contributed by atoms with Crippen molar-refractivity contribution >= 4 is 41.2 Å². The number of carbonyl (C=O) groups excluding carboxylic acids is 4. The van der Waals surface area contributed by atoms with Crippen molar-refractivity contribution in [3.8, 4) is 0 Å². The Morgan fingerprint density at radius 3 is 2.56 bits per heavy atom. The van der Waals surface area contributed by atoms with Crippen LogP contribution in [0.25, 0.3) is 0 Å².